The summed E-state index contributed by atoms with van der Waals surface area (Å²) in [4.78, 5) is 15.1. The third-order valence-corrected chi connectivity index (χ3v) is 5.06. The third-order valence-electron chi connectivity index (χ3n) is 5.06. The summed E-state index contributed by atoms with van der Waals surface area (Å²) in [6.45, 7) is 2.24. The second kappa shape index (κ2) is 7.61. The number of benzene rings is 3. The quantitative estimate of drug-likeness (QED) is 0.681. The summed E-state index contributed by atoms with van der Waals surface area (Å²) in [5.74, 6) is 1.40. The minimum Gasteiger partial charge on any atom is -0.493 e. The molecule has 1 heterocycles. The first-order valence-electron chi connectivity index (χ1n) is 9.26. The van der Waals surface area contributed by atoms with Crippen molar-refractivity contribution in [2.24, 2.45) is 5.92 Å². The number of hydrogen-bond donors (Lipinski definition) is 0. The van der Waals surface area contributed by atoms with Gasteiger partial charge in [-0.3, -0.25) is 4.79 Å². The minimum absolute atomic E-state index is 0.131. The van der Waals surface area contributed by atoms with Gasteiger partial charge in [0.2, 0.25) is 0 Å². The first-order chi connectivity index (χ1) is 12.8. The highest BCUT2D eigenvalue weighted by molar-refractivity contribution is 6.07. The Hall–Kier alpha value is -2.81. The molecule has 3 heteroatoms. The van der Waals surface area contributed by atoms with Gasteiger partial charge in [0.1, 0.15) is 5.75 Å². The smallest absolute Gasteiger partial charge is 0.254 e. The van der Waals surface area contributed by atoms with Crippen molar-refractivity contribution < 1.29 is 9.53 Å². The van der Waals surface area contributed by atoms with Gasteiger partial charge >= 0.3 is 0 Å². The van der Waals surface area contributed by atoms with Crippen LogP contribution in [0.15, 0.2) is 72.8 Å². The Kier molecular flexibility index (Phi) is 4.87. The van der Waals surface area contributed by atoms with Gasteiger partial charge in [-0.15, -0.1) is 0 Å². The molecule has 0 N–H and O–H groups in total. The molecular weight excluding hydrogens is 322 g/mol. The van der Waals surface area contributed by atoms with E-state index in [-0.39, 0.29) is 5.91 Å². The molecule has 1 aliphatic rings. The number of piperidine rings is 1. The first-order valence-corrected chi connectivity index (χ1v) is 9.26. The van der Waals surface area contributed by atoms with E-state index in [1.54, 1.807) is 0 Å². The maximum absolute atomic E-state index is 13.1. The largest absolute Gasteiger partial charge is 0.493 e. The summed E-state index contributed by atoms with van der Waals surface area (Å²) in [5, 5.41) is 2.14. The lowest BCUT2D eigenvalue weighted by Gasteiger charge is -2.33. The van der Waals surface area contributed by atoms with Crippen LogP contribution in [0.5, 0.6) is 5.75 Å². The van der Waals surface area contributed by atoms with Gasteiger partial charge in [0.05, 0.1) is 6.61 Å². The predicted octanol–water partition coefficient (Wildman–Crippen LogP) is 4.77. The molecule has 3 aromatic rings. The Labute approximate surface area is 154 Å². The summed E-state index contributed by atoms with van der Waals surface area (Å²) in [7, 11) is 0. The van der Waals surface area contributed by atoms with Crippen LogP contribution in [-0.4, -0.2) is 30.5 Å². The number of rotatable bonds is 4. The molecule has 0 aromatic heterocycles. The van der Waals surface area contributed by atoms with Crippen LogP contribution in [0, 0.1) is 5.92 Å². The second-order valence-electron chi connectivity index (χ2n) is 6.91. The molecule has 3 aromatic carbocycles. The molecule has 132 valence electrons. The van der Waals surface area contributed by atoms with E-state index < -0.39 is 0 Å². The highest BCUT2D eigenvalue weighted by Gasteiger charge is 2.25. The van der Waals surface area contributed by atoms with Crippen LogP contribution >= 0.6 is 0 Å². The summed E-state index contributed by atoms with van der Waals surface area (Å²) >= 11 is 0. The Bertz CT molecular complexity index is 886. The minimum atomic E-state index is 0.131. The van der Waals surface area contributed by atoms with Gasteiger partial charge in [0.25, 0.3) is 5.91 Å². The fraction of sp³-hybridized carbons (Fsp3) is 0.261. The molecule has 4 rings (SSSR count). The van der Waals surface area contributed by atoms with Crippen LogP contribution in [-0.2, 0) is 0 Å². The lowest BCUT2D eigenvalue weighted by atomic mass is 9.97. The standard InChI is InChI=1S/C23H23NO2/c25-23(22-14-6-10-19-9-4-5-13-21(19)22)24-15-7-8-18(16-24)17-26-20-11-2-1-3-12-20/h1-6,9-14,18H,7-8,15-17H2. The highest BCUT2D eigenvalue weighted by atomic mass is 16.5. The van der Waals surface area contributed by atoms with Crippen LogP contribution < -0.4 is 4.74 Å². The molecule has 1 unspecified atom stereocenters. The molecule has 0 radical (unpaired) electrons. The number of amides is 1. The number of hydrogen-bond acceptors (Lipinski definition) is 2. The summed E-state index contributed by atoms with van der Waals surface area (Å²) in [5.41, 5.74) is 0.799. The van der Waals surface area contributed by atoms with Crippen molar-refractivity contribution in [3.8, 4) is 5.75 Å². The van der Waals surface area contributed by atoms with E-state index in [1.165, 1.54) is 0 Å². The number of nitrogens with zero attached hydrogens (tertiary/aromatic N) is 1. The zero-order valence-electron chi connectivity index (χ0n) is 14.8. The summed E-state index contributed by atoms with van der Waals surface area (Å²) in [6.07, 6.45) is 2.13. The first kappa shape index (κ1) is 16.6. The highest BCUT2D eigenvalue weighted by Crippen LogP contribution is 2.24. The molecule has 0 saturated carbocycles. The van der Waals surface area contributed by atoms with Gasteiger partial charge < -0.3 is 9.64 Å². The van der Waals surface area contributed by atoms with Crippen LogP contribution in [0.1, 0.15) is 23.2 Å². The Balaban J connectivity index is 1.46. The van der Waals surface area contributed by atoms with Crippen molar-refractivity contribution in [2.45, 2.75) is 12.8 Å². The van der Waals surface area contributed by atoms with E-state index >= 15 is 0 Å². The van der Waals surface area contributed by atoms with Gasteiger partial charge in [-0.1, -0.05) is 54.6 Å². The molecule has 1 saturated heterocycles. The molecular formula is C23H23NO2. The number of para-hydroxylation sites is 1. The fourth-order valence-electron chi connectivity index (χ4n) is 3.70. The van der Waals surface area contributed by atoms with Crippen LogP contribution in [0.3, 0.4) is 0 Å². The lowest BCUT2D eigenvalue weighted by Crippen LogP contribution is -2.41. The van der Waals surface area contributed by atoms with Gasteiger partial charge in [-0.2, -0.15) is 0 Å². The maximum Gasteiger partial charge on any atom is 0.254 e. The summed E-state index contributed by atoms with van der Waals surface area (Å²) in [6, 6.07) is 23.9. The Morgan fingerprint density at radius 3 is 2.62 bits per heavy atom. The van der Waals surface area contributed by atoms with E-state index in [0.717, 1.165) is 48.0 Å². The Morgan fingerprint density at radius 2 is 1.73 bits per heavy atom. The Morgan fingerprint density at radius 1 is 0.962 bits per heavy atom. The predicted molar refractivity (Wildman–Crippen MR) is 105 cm³/mol. The van der Waals surface area contributed by atoms with Crippen LogP contribution in [0.2, 0.25) is 0 Å². The average Bonchev–Trinajstić information content (AvgIpc) is 2.72. The third kappa shape index (κ3) is 3.57. The number of fused-ring (bicyclic) bond motifs is 1. The van der Waals surface area contributed by atoms with Crippen molar-refractivity contribution in [3.05, 3.63) is 78.4 Å². The van der Waals surface area contributed by atoms with Crippen molar-refractivity contribution >= 4 is 16.7 Å². The van der Waals surface area contributed by atoms with Gasteiger partial charge in [0.15, 0.2) is 0 Å². The van der Waals surface area contributed by atoms with Crippen molar-refractivity contribution in [3.63, 3.8) is 0 Å². The average molecular weight is 345 g/mol. The molecule has 0 aliphatic carbocycles. The topological polar surface area (TPSA) is 29.5 Å². The van der Waals surface area contributed by atoms with Crippen molar-refractivity contribution in [1.82, 2.24) is 4.90 Å². The van der Waals surface area contributed by atoms with Crippen LogP contribution in [0.4, 0.5) is 0 Å². The van der Waals surface area contributed by atoms with Crippen LogP contribution in [0.25, 0.3) is 10.8 Å². The molecule has 3 nitrogen and oxygen atoms in total. The molecule has 1 atom stereocenters. The number of carbonyl (C=O) groups is 1. The fourth-order valence-corrected chi connectivity index (χ4v) is 3.70. The maximum atomic E-state index is 13.1. The van der Waals surface area contributed by atoms with E-state index in [9.17, 15) is 4.79 Å². The number of likely N-dealkylation sites (tertiary alicyclic amines) is 1. The number of ether oxygens (including phenoxy) is 1. The van der Waals surface area contributed by atoms with E-state index in [0.29, 0.717) is 12.5 Å². The molecule has 0 spiro atoms. The van der Waals surface area contributed by atoms with Crippen molar-refractivity contribution in [1.29, 1.82) is 0 Å². The lowest BCUT2D eigenvalue weighted by molar-refractivity contribution is 0.0635. The zero-order chi connectivity index (χ0) is 17.8. The molecule has 1 amide bonds. The van der Waals surface area contributed by atoms with E-state index in [2.05, 4.69) is 12.1 Å². The molecule has 1 aliphatic heterocycles. The van der Waals surface area contributed by atoms with Gasteiger partial charge in [-0.25, -0.2) is 0 Å². The normalized spacial score (nSPS) is 17.2. The summed E-state index contributed by atoms with van der Waals surface area (Å²) < 4.78 is 5.91. The number of carbonyl (C=O) groups excluding carboxylic acids is 1. The molecule has 0 bridgehead atoms. The molecule has 1 fully saturated rings. The van der Waals surface area contributed by atoms with Crippen molar-refractivity contribution in [2.75, 3.05) is 19.7 Å². The zero-order valence-corrected chi connectivity index (χ0v) is 14.8. The van der Waals surface area contributed by atoms with E-state index in [4.69, 9.17) is 4.74 Å². The monoisotopic (exact) mass is 345 g/mol. The van der Waals surface area contributed by atoms with Gasteiger partial charge in [-0.05, 0) is 41.8 Å². The van der Waals surface area contributed by atoms with Gasteiger partial charge in [0, 0.05) is 24.6 Å². The SMILES string of the molecule is O=C(c1cccc2ccccc12)N1CCCC(COc2ccccc2)C1. The molecule has 26 heavy (non-hydrogen) atoms. The second-order valence-corrected chi connectivity index (χ2v) is 6.91. The van der Waals surface area contributed by atoms with E-state index in [1.807, 2.05) is 65.6 Å².